The van der Waals surface area contributed by atoms with Gasteiger partial charge in [0.25, 0.3) is 0 Å². The van der Waals surface area contributed by atoms with Crippen molar-refractivity contribution < 1.29 is 27.9 Å². The van der Waals surface area contributed by atoms with Crippen LogP contribution in [0.15, 0.2) is 29.3 Å². The number of nitrogens with zero attached hydrogens (tertiary/aromatic N) is 3. The van der Waals surface area contributed by atoms with Gasteiger partial charge in [0.05, 0.1) is 11.6 Å². The summed E-state index contributed by atoms with van der Waals surface area (Å²) in [6.45, 7) is 2.24. The maximum Gasteiger partial charge on any atom is 0.416 e. The van der Waals surface area contributed by atoms with E-state index in [1.165, 1.54) is 25.1 Å². The molecule has 0 saturated heterocycles. The Morgan fingerprint density at radius 2 is 1.89 bits per heavy atom. The fourth-order valence-corrected chi connectivity index (χ4v) is 3.43. The van der Waals surface area contributed by atoms with Gasteiger partial charge in [-0.05, 0) is 52.0 Å². The Morgan fingerprint density at radius 1 is 1.25 bits per heavy atom. The van der Waals surface area contributed by atoms with E-state index in [1.54, 1.807) is 0 Å². The van der Waals surface area contributed by atoms with E-state index in [4.69, 9.17) is 0 Å². The Kier molecular flexibility index (Phi) is 6.82. The lowest BCUT2D eigenvalue weighted by Crippen LogP contribution is -2.47. The highest BCUT2D eigenvalue weighted by atomic mass is 19.4. The summed E-state index contributed by atoms with van der Waals surface area (Å²) in [5.41, 5.74) is -1.16. The van der Waals surface area contributed by atoms with Crippen LogP contribution in [-0.2, 0) is 11.0 Å². The molecule has 0 aromatic heterocycles. The Hall–Kier alpha value is -2.42. The third-order valence-corrected chi connectivity index (χ3v) is 4.72. The second-order valence-corrected chi connectivity index (χ2v) is 7.09. The second kappa shape index (κ2) is 8.72. The van der Waals surface area contributed by atoms with Crippen LogP contribution in [0, 0.1) is 5.92 Å². The number of carboxylic acid groups (broad SMARTS) is 1. The first kappa shape index (κ1) is 21.9. The van der Waals surface area contributed by atoms with Gasteiger partial charge in [-0.2, -0.15) is 13.2 Å². The number of aliphatic imine (C=N–C) groups is 1. The molecular formula is C19H24F3N3O3. The monoisotopic (exact) mass is 399 g/mol. The number of carbonyl (C=O) groups excluding carboxylic acids is 1. The molecule has 0 radical (unpaired) electrons. The zero-order chi connectivity index (χ0) is 21.1. The number of rotatable bonds is 7. The van der Waals surface area contributed by atoms with E-state index in [2.05, 4.69) is 4.99 Å². The van der Waals surface area contributed by atoms with Crippen LogP contribution < -0.4 is 0 Å². The van der Waals surface area contributed by atoms with Gasteiger partial charge in [-0.25, -0.2) is 9.79 Å². The van der Waals surface area contributed by atoms with E-state index in [-0.39, 0.29) is 17.8 Å². The topological polar surface area (TPSA) is 73.2 Å². The normalized spacial score (nSPS) is 20.5. The molecule has 0 aliphatic carbocycles. The summed E-state index contributed by atoms with van der Waals surface area (Å²) in [4.78, 5) is 31.3. The van der Waals surface area contributed by atoms with Crippen LogP contribution in [0.3, 0.4) is 0 Å². The molecule has 1 aliphatic rings. The van der Waals surface area contributed by atoms with Crippen LogP contribution in [-0.4, -0.2) is 59.8 Å². The molecule has 2 amide bonds. The van der Waals surface area contributed by atoms with Gasteiger partial charge in [-0.1, -0.05) is 18.2 Å². The third kappa shape index (κ3) is 4.89. The highest BCUT2D eigenvalue weighted by molar-refractivity contribution is 6.07. The summed E-state index contributed by atoms with van der Waals surface area (Å²) < 4.78 is 40.7. The zero-order valence-electron chi connectivity index (χ0n) is 16.0. The molecule has 0 saturated carbocycles. The molecule has 1 N–H and O–H groups in total. The lowest BCUT2D eigenvalue weighted by molar-refractivity contribution is -0.143. The summed E-state index contributed by atoms with van der Waals surface area (Å²) in [7, 11) is 3.78. The van der Waals surface area contributed by atoms with Crippen molar-refractivity contribution in [3.05, 3.63) is 35.4 Å². The molecule has 0 fully saturated rings. The number of amides is 2. The van der Waals surface area contributed by atoms with Crippen molar-refractivity contribution >= 4 is 17.7 Å². The van der Waals surface area contributed by atoms with Crippen LogP contribution in [0.25, 0.3) is 0 Å². The zero-order valence-corrected chi connectivity index (χ0v) is 16.0. The molecule has 9 heteroatoms. The summed E-state index contributed by atoms with van der Waals surface area (Å²) >= 11 is 0. The molecule has 28 heavy (non-hydrogen) atoms. The van der Waals surface area contributed by atoms with E-state index in [1.807, 2.05) is 19.0 Å². The predicted molar refractivity (Wildman–Crippen MR) is 98.3 cm³/mol. The van der Waals surface area contributed by atoms with Crippen molar-refractivity contribution in [2.45, 2.75) is 32.0 Å². The van der Waals surface area contributed by atoms with Gasteiger partial charge in [-0.3, -0.25) is 4.79 Å². The third-order valence-electron chi connectivity index (χ3n) is 4.72. The van der Waals surface area contributed by atoms with E-state index in [0.717, 1.165) is 17.5 Å². The molecule has 1 aromatic carbocycles. The lowest BCUT2D eigenvalue weighted by Gasteiger charge is -2.39. The minimum atomic E-state index is -4.66. The number of halogens is 3. The number of carboxylic acids is 1. The SMILES string of the molecule is CC1=NC(=O)N(CCCCN(C)C)C(c2ccccc2C(F)(F)F)C1C(=O)O. The highest BCUT2D eigenvalue weighted by Crippen LogP contribution is 2.41. The van der Waals surface area contributed by atoms with Crippen LogP contribution in [0.4, 0.5) is 18.0 Å². The average molecular weight is 399 g/mol. The molecule has 154 valence electrons. The molecule has 2 rings (SSSR count). The Balaban J connectivity index is 2.48. The van der Waals surface area contributed by atoms with E-state index < -0.39 is 35.7 Å². The maximum absolute atomic E-state index is 13.6. The molecule has 2 unspecified atom stereocenters. The molecular weight excluding hydrogens is 375 g/mol. The highest BCUT2D eigenvalue weighted by Gasteiger charge is 2.45. The van der Waals surface area contributed by atoms with E-state index >= 15 is 0 Å². The number of carbonyl (C=O) groups is 2. The first-order chi connectivity index (χ1) is 13.0. The Morgan fingerprint density at radius 3 is 2.46 bits per heavy atom. The molecule has 2 atom stereocenters. The number of alkyl halides is 3. The van der Waals surface area contributed by atoms with Crippen LogP contribution in [0.5, 0.6) is 0 Å². The molecule has 0 spiro atoms. The molecule has 1 aliphatic heterocycles. The quantitative estimate of drug-likeness (QED) is 0.710. The Labute approximate surface area is 161 Å². The number of benzene rings is 1. The molecule has 0 bridgehead atoms. The summed E-state index contributed by atoms with van der Waals surface area (Å²) in [5, 5.41) is 9.68. The van der Waals surface area contributed by atoms with Crippen molar-refractivity contribution in [2.24, 2.45) is 10.9 Å². The predicted octanol–water partition coefficient (Wildman–Crippen LogP) is 3.69. The van der Waals surface area contributed by atoms with Crippen molar-refractivity contribution in [1.82, 2.24) is 9.80 Å². The number of aliphatic carboxylic acids is 1. The van der Waals surface area contributed by atoms with Gasteiger partial charge in [0.1, 0.15) is 5.92 Å². The fraction of sp³-hybridized carbons (Fsp3) is 0.526. The smallest absolute Gasteiger partial charge is 0.416 e. The van der Waals surface area contributed by atoms with Crippen LogP contribution >= 0.6 is 0 Å². The lowest BCUT2D eigenvalue weighted by atomic mass is 9.84. The number of hydrogen-bond donors (Lipinski definition) is 1. The van der Waals surface area contributed by atoms with E-state index in [9.17, 15) is 27.9 Å². The Bertz CT molecular complexity index is 762. The minimum Gasteiger partial charge on any atom is -0.481 e. The van der Waals surface area contributed by atoms with Crippen molar-refractivity contribution in [2.75, 3.05) is 27.2 Å². The van der Waals surface area contributed by atoms with Gasteiger partial charge < -0.3 is 14.9 Å². The van der Waals surface area contributed by atoms with E-state index in [0.29, 0.717) is 12.8 Å². The molecule has 1 aromatic rings. The maximum atomic E-state index is 13.6. The first-order valence-corrected chi connectivity index (χ1v) is 8.93. The van der Waals surface area contributed by atoms with Gasteiger partial charge in [0.2, 0.25) is 0 Å². The average Bonchev–Trinajstić information content (AvgIpc) is 2.58. The van der Waals surface area contributed by atoms with Crippen molar-refractivity contribution in [3.63, 3.8) is 0 Å². The van der Waals surface area contributed by atoms with Crippen LogP contribution in [0.1, 0.15) is 36.9 Å². The molecule has 6 nitrogen and oxygen atoms in total. The number of hydrogen-bond acceptors (Lipinski definition) is 3. The summed E-state index contributed by atoms with van der Waals surface area (Å²) in [5.74, 6) is -2.65. The summed E-state index contributed by atoms with van der Waals surface area (Å²) in [6.07, 6.45) is -3.43. The number of urea groups is 1. The van der Waals surface area contributed by atoms with Crippen molar-refractivity contribution in [3.8, 4) is 0 Å². The van der Waals surface area contributed by atoms with Gasteiger partial charge in [-0.15, -0.1) is 0 Å². The number of unbranched alkanes of at least 4 members (excludes halogenated alkanes) is 1. The van der Waals surface area contributed by atoms with Gasteiger partial charge in [0, 0.05) is 12.3 Å². The summed E-state index contributed by atoms with van der Waals surface area (Å²) in [6, 6.07) is 2.84. The first-order valence-electron chi connectivity index (χ1n) is 8.93. The minimum absolute atomic E-state index is 0.00372. The standard InChI is InChI=1S/C19H24F3N3O3/c1-12-15(17(26)27)16(13-8-4-5-9-14(13)19(20,21)22)25(18(28)23-12)11-7-6-10-24(2)3/h4-5,8-9,15-16H,6-7,10-11H2,1-3H3,(H,26,27). The second-order valence-electron chi connectivity index (χ2n) is 7.09. The fourth-order valence-electron chi connectivity index (χ4n) is 3.43. The van der Waals surface area contributed by atoms with Gasteiger partial charge in [0.15, 0.2) is 0 Å². The largest absolute Gasteiger partial charge is 0.481 e. The van der Waals surface area contributed by atoms with Gasteiger partial charge >= 0.3 is 18.2 Å². The molecule has 1 heterocycles. The van der Waals surface area contributed by atoms with Crippen molar-refractivity contribution in [1.29, 1.82) is 0 Å². The van der Waals surface area contributed by atoms with Crippen LogP contribution in [0.2, 0.25) is 0 Å².